The van der Waals surface area contributed by atoms with Crippen LogP contribution in [0, 0.1) is 0 Å². The van der Waals surface area contributed by atoms with Crippen molar-refractivity contribution in [3.63, 3.8) is 0 Å². The number of nitrogens with one attached hydrogen (secondary N) is 1. The van der Waals surface area contributed by atoms with Gasteiger partial charge in [-0.2, -0.15) is 0 Å². The number of amides is 1. The molecule has 1 aliphatic carbocycles. The molecule has 128 valence electrons. The Kier molecular flexibility index (Phi) is 5.41. The Morgan fingerprint density at radius 1 is 1.21 bits per heavy atom. The summed E-state index contributed by atoms with van der Waals surface area (Å²) in [7, 11) is 0. The van der Waals surface area contributed by atoms with Gasteiger partial charge in [0.25, 0.3) is 5.91 Å². The smallest absolute Gasteiger partial charge is 0.254 e. The molecule has 2 aromatic rings. The van der Waals surface area contributed by atoms with Crippen LogP contribution in [0.4, 0.5) is 0 Å². The first-order chi connectivity index (χ1) is 11.6. The molecule has 1 aromatic carbocycles. The highest BCUT2D eigenvalue weighted by atomic mass is 79.9. The van der Waals surface area contributed by atoms with Crippen molar-refractivity contribution >= 4 is 21.8 Å². The van der Waals surface area contributed by atoms with Gasteiger partial charge in [0, 0.05) is 10.0 Å². The van der Waals surface area contributed by atoms with Crippen molar-refractivity contribution in [2.75, 3.05) is 0 Å². The van der Waals surface area contributed by atoms with E-state index in [9.17, 15) is 4.79 Å². The van der Waals surface area contributed by atoms with Gasteiger partial charge < -0.3 is 15.5 Å². The number of halogens is 1. The molecule has 1 amide bonds. The number of benzene rings is 1. The molecule has 0 spiro atoms. The van der Waals surface area contributed by atoms with Gasteiger partial charge in [-0.25, -0.2) is 0 Å². The Bertz CT molecular complexity index is 688. The van der Waals surface area contributed by atoms with E-state index in [1.807, 2.05) is 0 Å². The average Bonchev–Trinajstić information content (AvgIpc) is 3.07. The minimum absolute atomic E-state index is 0.0718. The fourth-order valence-corrected chi connectivity index (χ4v) is 3.75. The van der Waals surface area contributed by atoms with E-state index < -0.39 is 0 Å². The van der Waals surface area contributed by atoms with Crippen LogP contribution in [0.25, 0.3) is 0 Å². The highest BCUT2D eigenvalue weighted by molar-refractivity contribution is 9.10. The zero-order valence-electron chi connectivity index (χ0n) is 13.7. The first-order valence-corrected chi connectivity index (χ1v) is 9.24. The molecule has 0 bridgehead atoms. The van der Waals surface area contributed by atoms with Gasteiger partial charge >= 0.3 is 0 Å². The van der Waals surface area contributed by atoms with E-state index in [1.54, 1.807) is 6.07 Å². The molecule has 3 rings (SSSR count). The predicted molar refractivity (Wildman–Crippen MR) is 97.7 cm³/mol. The minimum Gasteiger partial charge on any atom is -0.467 e. The van der Waals surface area contributed by atoms with E-state index in [0.29, 0.717) is 17.9 Å². The first kappa shape index (κ1) is 17.2. The summed E-state index contributed by atoms with van der Waals surface area (Å²) in [5.41, 5.74) is 7.18. The van der Waals surface area contributed by atoms with Gasteiger partial charge in [0.05, 0.1) is 12.1 Å². The normalized spacial score (nSPS) is 16.8. The summed E-state index contributed by atoms with van der Waals surface area (Å²) in [6.45, 7) is 0.303. The lowest BCUT2D eigenvalue weighted by atomic mass is 9.77. The van der Waals surface area contributed by atoms with Gasteiger partial charge in [0.15, 0.2) is 0 Å². The topological polar surface area (TPSA) is 68.3 Å². The Morgan fingerprint density at radius 3 is 2.54 bits per heavy atom. The second kappa shape index (κ2) is 7.53. The van der Waals surface area contributed by atoms with E-state index in [4.69, 9.17) is 10.2 Å². The maximum absolute atomic E-state index is 12.7. The lowest BCUT2D eigenvalue weighted by molar-refractivity contribution is 0.0867. The number of nitrogens with two attached hydrogens (primary N) is 1. The molecule has 0 atom stereocenters. The van der Waals surface area contributed by atoms with E-state index in [1.165, 1.54) is 18.2 Å². The molecule has 1 fully saturated rings. The number of hydrogen-bond donors (Lipinski definition) is 2. The highest BCUT2D eigenvalue weighted by Crippen LogP contribution is 2.32. The highest BCUT2D eigenvalue weighted by Gasteiger charge is 2.34. The Balaban J connectivity index is 1.77. The summed E-state index contributed by atoms with van der Waals surface area (Å²) in [6.07, 6.45) is 7.90. The lowest BCUT2D eigenvalue weighted by Gasteiger charge is -2.38. The molecule has 24 heavy (non-hydrogen) atoms. The molecule has 3 N–H and O–H groups in total. The van der Waals surface area contributed by atoms with Gasteiger partial charge in [-0.15, -0.1) is 0 Å². The zero-order valence-corrected chi connectivity index (χ0v) is 15.3. The van der Waals surface area contributed by atoms with Gasteiger partial charge in [0.1, 0.15) is 12.0 Å². The summed E-state index contributed by atoms with van der Waals surface area (Å²) in [5, 5.41) is 3.30. The Labute approximate surface area is 150 Å². The molecule has 1 aliphatic rings. The van der Waals surface area contributed by atoms with Crippen LogP contribution in [0.15, 0.2) is 45.5 Å². The van der Waals surface area contributed by atoms with Crippen molar-refractivity contribution in [1.29, 1.82) is 0 Å². The number of carbonyl (C=O) groups is 1. The van der Waals surface area contributed by atoms with Gasteiger partial charge in [-0.1, -0.05) is 47.3 Å². The fourth-order valence-electron chi connectivity index (χ4n) is 3.49. The average molecular weight is 391 g/mol. The van der Waals surface area contributed by atoms with E-state index in [-0.39, 0.29) is 11.4 Å². The van der Waals surface area contributed by atoms with Crippen LogP contribution in [-0.2, 0) is 13.0 Å². The van der Waals surface area contributed by atoms with Gasteiger partial charge in [-0.3, -0.25) is 4.79 Å². The maximum atomic E-state index is 12.7. The predicted octanol–water partition coefficient (Wildman–Crippen LogP) is 4.18. The summed E-state index contributed by atoms with van der Waals surface area (Å²) in [4.78, 5) is 12.7. The summed E-state index contributed by atoms with van der Waals surface area (Å²) < 4.78 is 6.37. The van der Waals surface area contributed by atoms with Crippen molar-refractivity contribution < 1.29 is 9.21 Å². The van der Waals surface area contributed by atoms with Crippen molar-refractivity contribution in [2.45, 2.75) is 50.6 Å². The molecule has 4 nitrogen and oxygen atoms in total. The lowest BCUT2D eigenvalue weighted by Crippen LogP contribution is -2.51. The summed E-state index contributed by atoms with van der Waals surface area (Å²) in [6, 6.07) is 10.1. The van der Waals surface area contributed by atoms with Gasteiger partial charge in [0.2, 0.25) is 0 Å². The first-order valence-electron chi connectivity index (χ1n) is 8.45. The van der Waals surface area contributed by atoms with Crippen molar-refractivity contribution in [3.8, 4) is 0 Å². The van der Waals surface area contributed by atoms with Crippen molar-refractivity contribution in [1.82, 2.24) is 5.32 Å². The number of furan rings is 1. The van der Waals surface area contributed by atoms with Crippen molar-refractivity contribution in [2.24, 2.45) is 5.73 Å². The van der Waals surface area contributed by atoms with Crippen LogP contribution >= 0.6 is 15.9 Å². The van der Waals surface area contributed by atoms with E-state index >= 15 is 0 Å². The largest absolute Gasteiger partial charge is 0.467 e. The van der Waals surface area contributed by atoms with Crippen LogP contribution in [0.3, 0.4) is 0 Å². The zero-order chi connectivity index (χ0) is 17.0. The van der Waals surface area contributed by atoms with Crippen LogP contribution in [0.5, 0.6) is 0 Å². The minimum atomic E-state index is -0.177. The van der Waals surface area contributed by atoms with Crippen LogP contribution in [0.1, 0.15) is 53.8 Å². The monoisotopic (exact) mass is 390 g/mol. The standard InChI is InChI=1S/C19H23BrN2O2/c20-16-6-4-14(5-7-16)11-19(8-2-1-3-9-19)22-18(23)15-10-17(12-21)24-13-15/h4-7,10,13H,1-3,8-9,11-12,21H2,(H,22,23). The molecular weight excluding hydrogens is 368 g/mol. The van der Waals surface area contributed by atoms with Crippen LogP contribution in [-0.4, -0.2) is 11.4 Å². The quantitative estimate of drug-likeness (QED) is 0.804. The number of carbonyl (C=O) groups excluding carboxylic acids is 1. The molecule has 5 heteroatoms. The third-order valence-electron chi connectivity index (χ3n) is 4.76. The third-order valence-corrected chi connectivity index (χ3v) is 5.29. The molecule has 1 heterocycles. The molecule has 0 unspecified atom stereocenters. The van der Waals surface area contributed by atoms with E-state index in [2.05, 4.69) is 45.5 Å². The molecular formula is C19H23BrN2O2. The van der Waals surface area contributed by atoms with E-state index in [0.717, 1.165) is 36.6 Å². The molecule has 0 radical (unpaired) electrons. The third kappa shape index (κ3) is 4.08. The Morgan fingerprint density at radius 2 is 1.92 bits per heavy atom. The summed E-state index contributed by atoms with van der Waals surface area (Å²) >= 11 is 3.47. The molecule has 0 aliphatic heterocycles. The van der Waals surface area contributed by atoms with Crippen molar-refractivity contribution in [3.05, 3.63) is 58.0 Å². The molecule has 1 saturated carbocycles. The van der Waals surface area contributed by atoms with Gasteiger partial charge in [-0.05, 0) is 43.0 Å². The fraction of sp³-hybridized carbons (Fsp3) is 0.421. The second-order valence-corrected chi connectivity index (χ2v) is 7.52. The number of rotatable bonds is 5. The maximum Gasteiger partial charge on any atom is 0.254 e. The molecule has 1 aromatic heterocycles. The Hall–Kier alpha value is -1.59. The number of hydrogen-bond acceptors (Lipinski definition) is 3. The van der Waals surface area contributed by atoms with Crippen LogP contribution in [0.2, 0.25) is 0 Å². The SMILES string of the molecule is NCc1cc(C(=O)NC2(Cc3ccc(Br)cc3)CCCCC2)co1. The molecule has 0 saturated heterocycles. The summed E-state index contributed by atoms with van der Waals surface area (Å²) in [5.74, 6) is 0.559. The second-order valence-electron chi connectivity index (χ2n) is 6.60. The van der Waals surface area contributed by atoms with Crippen LogP contribution < -0.4 is 11.1 Å².